The highest BCUT2D eigenvalue weighted by Crippen LogP contribution is 2.38. The molecule has 0 saturated carbocycles. The van der Waals surface area contributed by atoms with Gasteiger partial charge in [0.05, 0.1) is 30.3 Å². The van der Waals surface area contributed by atoms with Crippen molar-refractivity contribution >= 4 is 11.0 Å². The average Bonchev–Trinajstić information content (AvgIpc) is 3.32. The third-order valence-electron chi connectivity index (χ3n) is 9.19. The Bertz CT molecular complexity index is 1700. The maximum atomic E-state index is 5.74. The lowest BCUT2D eigenvalue weighted by Crippen LogP contribution is -2.66. The monoisotopic (exact) mass is 528 g/mol. The number of aryl methyl sites for hydroxylation is 3. The van der Waals surface area contributed by atoms with Gasteiger partial charge in [-0.05, 0) is 73.9 Å². The smallest absolute Gasteiger partial charge is 0.137 e. The Kier molecular flexibility index (Phi) is 5.74. The summed E-state index contributed by atoms with van der Waals surface area (Å²) in [4.78, 5) is 24.5. The van der Waals surface area contributed by atoms with Gasteiger partial charge in [-0.1, -0.05) is 18.2 Å². The number of rotatable bonds is 4. The molecule has 1 aliphatic carbocycles. The molecule has 3 aliphatic rings. The number of pyridine rings is 2. The molecule has 0 spiro atoms. The Labute approximate surface area is 233 Å². The first-order valence-electron chi connectivity index (χ1n) is 14.4. The molecular formula is C33H32N6O. The Hall–Kier alpha value is -3.94. The molecule has 6 heterocycles. The van der Waals surface area contributed by atoms with Crippen LogP contribution in [0.1, 0.15) is 36.1 Å². The molecule has 2 saturated heterocycles. The van der Waals surface area contributed by atoms with Gasteiger partial charge in [0.2, 0.25) is 0 Å². The van der Waals surface area contributed by atoms with Crippen LogP contribution in [0.15, 0.2) is 67.4 Å². The van der Waals surface area contributed by atoms with Crippen molar-refractivity contribution in [2.45, 2.75) is 57.2 Å². The highest BCUT2D eigenvalue weighted by molar-refractivity contribution is 5.95. The van der Waals surface area contributed by atoms with E-state index in [1.807, 2.05) is 25.5 Å². The van der Waals surface area contributed by atoms with Crippen molar-refractivity contribution in [3.8, 4) is 33.6 Å². The van der Waals surface area contributed by atoms with E-state index in [2.05, 4.69) is 56.3 Å². The maximum Gasteiger partial charge on any atom is 0.137 e. The van der Waals surface area contributed by atoms with Gasteiger partial charge in [-0.25, -0.2) is 4.98 Å². The summed E-state index contributed by atoms with van der Waals surface area (Å²) in [6, 6.07) is 15.4. The maximum absolute atomic E-state index is 5.74. The normalized spacial score (nSPS) is 22.5. The second-order valence-corrected chi connectivity index (χ2v) is 11.5. The largest absolute Gasteiger partial charge is 0.378 e. The summed E-state index contributed by atoms with van der Waals surface area (Å²) in [6.07, 6.45) is 15.4. The number of hydrogen-bond donors (Lipinski definition) is 1. The molecule has 0 amide bonds. The molecule has 4 aromatic heterocycles. The van der Waals surface area contributed by atoms with Crippen LogP contribution in [0.3, 0.4) is 0 Å². The predicted octanol–water partition coefficient (Wildman–Crippen LogP) is 5.78. The van der Waals surface area contributed by atoms with Gasteiger partial charge in [-0.15, -0.1) is 0 Å². The minimum absolute atomic E-state index is 0.649. The molecular weight excluding hydrogens is 496 g/mol. The van der Waals surface area contributed by atoms with Crippen LogP contribution in [0.2, 0.25) is 0 Å². The van der Waals surface area contributed by atoms with Gasteiger partial charge in [-0.2, -0.15) is 0 Å². The Morgan fingerprint density at radius 3 is 2.40 bits per heavy atom. The van der Waals surface area contributed by atoms with Crippen molar-refractivity contribution in [2.24, 2.45) is 0 Å². The second kappa shape index (κ2) is 9.61. The molecule has 0 radical (unpaired) electrons. The van der Waals surface area contributed by atoms with E-state index in [1.54, 1.807) is 12.4 Å². The molecule has 5 aromatic rings. The van der Waals surface area contributed by atoms with E-state index in [1.165, 1.54) is 36.0 Å². The number of aromatic amines is 1. The molecule has 2 bridgehead atoms. The SMILES string of the molecule is Cc1nccnc1-c1ccc(-c2c[nH]c3ncc(-c4ccc5c(c4)CCC(N4C6COCC4C6)CC5)cc23)nc1. The summed E-state index contributed by atoms with van der Waals surface area (Å²) < 4.78 is 5.74. The van der Waals surface area contributed by atoms with Crippen molar-refractivity contribution in [1.82, 2.24) is 29.8 Å². The number of nitrogens with zero attached hydrogens (tertiary/aromatic N) is 5. The number of ether oxygens (including phenoxy) is 1. The van der Waals surface area contributed by atoms with Crippen molar-refractivity contribution in [2.75, 3.05) is 13.2 Å². The van der Waals surface area contributed by atoms with Crippen LogP contribution in [-0.4, -0.2) is 61.2 Å². The second-order valence-electron chi connectivity index (χ2n) is 11.5. The molecule has 3 unspecified atom stereocenters. The summed E-state index contributed by atoms with van der Waals surface area (Å²) in [5.74, 6) is 0. The van der Waals surface area contributed by atoms with Gasteiger partial charge >= 0.3 is 0 Å². The van der Waals surface area contributed by atoms with Gasteiger partial charge in [0.15, 0.2) is 0 Å². The number of H-pyrrole nitrogens is 1. The summed E-state index contributed by atoms with van der Waals surface area (Å²) >= 11 is 0. The van der Waals surface area contributed by atoms with Crippen molar-refractivity contribution in [1.29, 1.82) is 0 Å². The molecule has 8 rings (SSSR count). The first-order valence-corrected chi connectivity index (χ1v) is 14.4. The zero-order valence-electron chi connectivity index (χ0n) is 22.7. The van der Waals surface area contributed by atoms with Crippen LogP contribution in [-0.2, 0) is 17.6 Å². The highest BCUT2D eigenvalue weighted by Gasteiger charge is 2.45. The minimum Gasteiger partial charge on any atom is -0.378 e. The van der Waals surface area contributed by atoms with E-state index in [0.717, 1.165) is 70.9 Å². The Balaban J connectivity index is 1.06. The van der Waals surface area contributed by atoms with Crippen molar-refractivity contribution < 1.29 is 4.74 Å². The molecule has 3 atom stereocenters. The lowest BCUT2D eigenvalue weighted by molar-refractivity contribution is -0.148. The number of benzene rings is 1. The van der Waals surface area contributed by atoms with Crippen LogP contribution in [0.25, 0.3) is 44.7 Å². The first kappa shape index (κ1) is 23.9. The van der Waals surface area contributed by atoms with Crippen LogP contribution < -0.4 is 0 Å². The fourth-order valence-corrected chi connectivity index (χ4v) is 7.09. The lowest BCUT2D eigenvalue weighted by atomic mass is 9.87. The number of morpholine rings is 1. The molecule has 2 fully saturated rings. The van der Waals surface area contributed by atoms with Crippen LogP contribution in [0.4, 0.5) is 0 Å². The fraction of sp³-hybridized carbons (Fsp3) is 0.333. The van der Waals surface area contributed by atoms with E-state index in [-0.39, 0.29) is 0 Å². The zero-order chi connectivity index (χ0) is 26.6. The van der Waals surface area contributed by atoms with E-state index in [4.69, 9.17) is 14.7 Å². The Morgan fingerprint density at radius 1 is 0.800 bits per heavy atom. The number of fused-ring (bicyclic) bond motifs is 4. The summed E-state index contributed by atoms with van der Waals surface area (Å²) in [6.45, 7) is 3.81. The summed E-state index contributed by atoms with van der Waals surface area (Å²) in [5, 5.41) is 1.08. The molecule has 40 heavy (non-hydrogen) atoms. The zero-order valence-corrected chi connectivity index (χ0v) is 22.7. The molecule has 200 valence electrons. The first-order chi connectivity index (χ1) is 19.7. The number of hydrogen-bond acceptors (Lipinski definition) is 6. The topological polar surface area (TPSA) is 79.8 Å². The van der Waals surface area contributed by atoms with Gasteiger partial charge in [0, 0.05) is 71.2 Å². The predicted molar refractivity (Wildman–Crippen MR) is 156 cm³/mol. The number of aromatic nitrogens is 5. The van der Waals surface area contributed by atoms with E-state index in [9.17, 15) is 0 Å². The molecule has 7 nitrogen and oxygen atoms in total. The highest BCUT2D eigenvalue weighted by atomic mass is 16.5. The summed E-state index contributed by atoms with van der Waals surface area (Å²) in [7, 11) is 0. The quantitative estimate of drug-likeness (QED) is 0.298. The van der Waals surface area contributed by atoms with Gasteiger partial charge in [-0.3, -0.25) is 19.9 Å². The standard InChI is InChI=1S/C33H32N6O/c1-20-32(35-11-10-34-20)24-6-9-31(36-15-24)30-17-38-33-29(30)13-25(16-37-33)23-3-2-21-4-7-26(8-5-22(21)12-23)39-27-14-28(39)19-40-18-27/h2-3,6,9-13,15-17,26-28H,4-5,7-8,14,18-19H2,1H3,(H,37,38). The van der Waals surface area contributed by atoms with Gasteiger partial charge in [0.25, 0.3) is 0 Å². The Morgan fingerprint density at radius 2 is 1.60 bits per heavy atom. The molecule has 1 N–H and O–H groups in total. The van der Waals surface area contributed by atoms with Gasteiger partial charge in [0.1, 0.15) is 5.65 Å². The minimum atomic E-state index is 0.649. The number of nitrogens with one attached hydrogen (secondary N) is 1. The van der Waals surface area contributed by atoms with Crippen molar-refractivity contribution in [3.63, 3.8) is 0 Å². The summed E-state index contributed by atoms with van der Waals surface area (Å²) in [5.41, 5.74) is 10.9. The van der Waals surface area contributed by atoms with Crippen LogP contribution in [0.5, 0.6) is 0 Å². The van der Waals surface area contributed by atoms with Crippen LogP contribution >= 0.6 is 0 Å². The fourth-order valence-electron chi connectivity index (χ4n) is 7.09. The van der Waals surface area contributed by atoms with E-state index >= 15 is 0 Å². The lowest BCUT2D eigenvalue weighted by Gasteiger charge is -2.56. The molecule has 2 aliphatic heterocycles. The van der Waals surface area contributed by atoms with E-state index < -0.39 is 0 Å². The van der Waals surface area contributed by atoms with Gasteiger partial charge < -0.3 is 9.72 Å². The third kappa shape index (κ3) is 4.03. The third-order valence-corrected chi connectivity index (χ3v) is 9.19. The van der Waals surface area contributed by atoms with Crippen LogP contribution in [0, 0.1) is 6.92 Å². The average molecular weight is 529 g/mol. The molecule has 1 aromatic carbocycles. The van der Waals surface area contributed by atoms with E-state index in [0.29, 0.717) is 18.1 Å². The molecule has 7 heteroatoms. The van der Waals surface area contributed by atoms with Crippen molar-refractivity contribution in [3.05, 3.63) is 84.2 Å².